The van der Waals surface area contributed by atoms with E-state index >= 15 is 0 Å². The maximum atomic E-state index is 11.2. The van der Waals surface area contributed by atoms with E-state index in [9.17, 15) is 4.79 Å². The lowest BCUT2D eigenvalue weighted by molar-refractivity contribution is -0.111. The molecule has 1 aromatic carbocycles. The van der Waals surface area contributed by atoms with E-state index in [1.54, 1.807) is 24.3 Å². The van der Waals surface area contributed by atoms with Gasteiger partial charge in [0, 0.05) is 11.4 Å². The number of nitrogens with one attached hydrogen (secondary N) is 1. The molecule has 0 spiro atoms. The van der Waals surface area contributed by atoms with E-state index in [4.69, 9.17) is 5.73 Å². The molecule has 3 N–H and O–H groups in total. The van der Waals surface area contributed by atoms with Crippen LogP contribution in [-0.2, 0) is 4.79 Å². The molecule has 0 atom stereocenters. The van der Waals surface area contributed by atoms with Gasteiger partial charge in [-0.3, -0.25) is 4.79 Å². The Balaban J connectivity index is 2.60. The minimum Gasteiger partial charge on any atom is -0.399 e. The standard InChI is InChI=1S/C11H14N2O/c1-2-3-7-11(14)13-10-6-4-5-9(12)8-10/h3-8H,2,12H2,1H3,(H,13,14). The van der Waals surface area contributed by atoms with E-state index in [2.05, 4.69) is 5.32 Å². The third kappa shape index (κ3) is 3.31. The summed E-state index contributed by atoms with van der Waals surface area (Å²) in [5.41, 5.74) is 6.92. The van der Waals surface area contributed by atoms with Crippen molar-refractivity contribution in [2.24, 2.45) is 0 Å². The van der Waals surface area contributed by atoms with E-state index in [1.807, 2.05) is 13.0 Å². The maximum Gasteiger partial charge on any atom is 0.248 e. The molecule has 0 bridgehead atoms. The Morgan fingerprint density at radius 1 is 1.57 bits per heavy atom. The molecule has 0 saturated carbocycles. The van der Waals surface area contributed by atoms with E-state index in [0.717, 1.165) is 12.1 Å². The molecule has 1 rings (SSSR count). The van der Waals surface area contributed by atoms with Crippen molar-refractivity contribution >= 4 is 17.3 Å². The lowest BCUT2D eigenvalue weighted by Crippen LogP contribution is -2.07. The molecular formula is C11H14N2O. The van der Waals surface area contributed by atoms with Gasteiger partial charge in [-0.2, -0.15) is 0 Å². The van der Waals surface area contributed by atoms with Crippen molar-refractivity contribution in [2.75, 3.05) is 11.1 Å². The van der Waals surface area contributed by atoms with Gasteiger partial charge in [-0.25, -0.2) is 0 Å². The van der Waals surface area contributed by atoms with Crippen LogP contribution in [0, 0.1) is 0 Å². The molecular weight excluding hydrogens is 176 g/mol. The van der Waals surface area contributed by atoms with Crippen LogP contribution in [0.1, 0.15) is 13.3 Å². The number of carbonyl (C=O) groups excluding carboxylic acids is 1. The van der Waals surface area contributed by atoms with Crippen molar-refractivity contribution < 1.29 is 4.79 Å². The van der Waals surface area contributed by atoms with E-state index in [1.165, 1.54) is 6.08 Å². The van der Waals surface area contributed by atoms with Crippen LogP contribution in [0.5, 0.6) is 0 Å². The quantitative estimate of drug-likeness (QED) is 0.567. The molecule has 14 heavy (non-hydrogen) atoms. The van der Waals surface area contributed by atoms with Crippen LogP contribution in [0.2, 0.25) is 0 Å². The summed E-state index contributed by atoms with van der Waals surface area (Å²) in [5, 5.41) is 2.71. The van der Waals surface area contributed by atoms with Crippen molar-refractivity contribution in [3.63, 3.8) is 0 Å². The minimum absolute atomic E-state index is 0.127. The lowest BCUT2D eigenvalue weighted by atomic mass is 10.3. The van der Waals surface area contributed by atoms with Crippen LogP contribution in [-0.4, -0.2) is 5.91 Å². The Bertz CT molecular complexity index is 345. The van der Waals surface area contributed by atoms with E-state index in [0.29, 0.717) is 5.69 Å². The first-order valence-corrected chi connectivity index (χ1v) is 4.55. The minimum atomic E-state index is -0.127. The molecule has 0 fully saturated rings. The number of nitrogen functional groups attached to an aromatic ring is 1. The summed E-state index contributed by atoms with van der Waals surface area (Å²) < 4.78 is 0. The Hall–Kier alpha value is -1.77. The zero-order chi connectivity index (χ0) is 10.4. The van der Waals surface area contributed by atoms with E-state index < -0.39 is 0 Å². The summed E-state index contributed by atoms with van der Waals surface area (Å²) in [6.45, 7) is 1.98. The van der Waals surface area contributed by atoms with Gasteiger partial charge in [0.15, 0.2) is 0 Å². The van der Waals surface area contributed by atoms with Crippen LogP contribution in [0.4, 0.5) is 11.4 Å². The highest BCUT2D eigenvalue weighted by Gasteiger charge is 1.96. The van der Waals surface area contributed by atoms with Crippen molar-refractivity contribution in [3.05, 3.63) is 36.4 Å². The van der Waals surface area contributed by atoms with Gasteiger partial charge in [0.25, 0.3) is 0 Å². The highest BCUT2D eigenvalue weighted by atomic mass is 16.1. The normalized spacial score (nSPS) is 10.4. The third-order valence-electron chi connectivity index (χ3n) is 1.66. The highest BCUT2D eigenvalue weighted by Crippen LogP contribution is 2.11. The summed E-state index contributed by atoms with van der Waals surface area (Å²) >= 11 is 0. The van der Waals surface area contributed by atoms with Gasteiger partial charge in [-0.15, -0.1) is 0 Å². The number of carbonyl (C=O) groups is 1. The SMILES string of the molecule is CCC=CC(=O)Nc1cccc(N)c1. The van der Waals surface area contributed by atoms with Gasteiger partial charge in [-0.1, -0.05) is 19.1 Å². The molecule has 0 aliphatic rings. The number of rotatable bonds is 3. The predicted molar refractivity (Wildman–Crippen MR) is 58.9 cm³/mol. The monoisotopic (exact) mass is 190 g/mol. The van der Waals surface area contributed by atoms with Gasteiger partial charge in [0.2, 0.25) is 5.91 Å². The van der Waals surface area contributed by atoms with Gasteiger partial charge in [0.1, 0.15) is 0 Å². The average molecular weight is 190 g/mol. The summed E-state index contributed by atoms with van der Waals surface area (Å²) in [6, 6.07) is 7.09. The first kappa shape index (κ1) is 10.3. The largest absolute Gasteiger partial charge is 0.399 e. The first-order chi connectivity index (χ1) is 6.72. The van der Waals surface area contributed by atoms with Gasteiger partial charge < -0.3 is 11.1 Å². The molecule has 3 nitrogen and oxygen atoms in total. The fourth-order valence-corrected chi connectivity index (χ4v) is 1.03. The fourth-order valence-electron chi connectivity index (χ4n) is 1.03. The number of hydrogen-bond acceptors (Lipinski definition) is 2. The molecule has 0 radical (unpaired) electrons. The molecule has 1 amide bonds. The van der Waals surface area contributed by atoms with Crippen molar-refractivity contribution in [1.29, 1.82) is 0 Å². The Kier molecular flexibility index (Phi) is 3.73. The molecule has 0 saturated heterocycles. The summed E-state index contributed by atoms with van der Waals surface area (Å²) in [4.78, 5) is 11.2. The van der Waals surface area contributed by atoms with Crippen LogP contribution in [0.15, 0.2) is 36.4 Å². The lowest BCUT2D eigenvalue weighted by Gasteiger charge is -2.02. The zero-order valence-electron chi connectivity index (χ0n) is 8.16. The van der Waals surface area contributed by atoms with Crippen LogP contribution in [0.25, 0.3) is 0 Å². The van der Waals surface area contributed by atoms with Gasteiger partial charge in [0.05, 0.1) is 0 Å². The summed E-state index contributed by atoms with van der Waals surface area (Å²) in [6.07, 6.45) is 4.18. The molecule has 0 aliphatic carbocycles. The van der Waals surface area contributed by atoms with Crippen LogP contribution >= 0.6 is 0 Å². The second kappa shape index (κ2) is 5.07. The number of allylic oxidation sites excluding steroid dienone is 1. The molecule has 0 unspecified atom stereocenters. The molecule has 0 aromatic heterocycles. The second-order valence-electron chi connectivity index (χ2n) is 2.93. The Morgan fingerprint density at radius 3 is 3.00 bits per heavy atom. The molecule has 74 valence electrons. The van der Waals surface area contributed by atoms with Gasteiger partial charge >= 0.3 is 0 Å². The number of benzene rings is 1. The summed E-state index contributed by atoms with van der Waals surface area (Å²) in [5.74, 6) is -0.127. The zero-order valence-corrected chi connectivity index (χ0v) is 8.16. The first-order valence-electron chi connectivity index (χ1n) is 4.55. The van der Waals surface area contributed by atoms with E-state index in [-0.39, 0.29) is 5.91 Å². The number of hydrogen-bond donors (Lipinski definition) is 2. The summed E-state index contributed by atoms with van der Waals surface area (Å²) in [7, 11) is 0. The van der Waals surface area contributed by atoms with Crippen molar-refractivity contribution in [3.8, 4) is 0 Å². The Labute approximate surface area is 83.6 Å². The number of nitrogens with two attached hydrogens (primary N) is 1. The average Bonchev–Trinajstić information content (AvgIpc) is 2.15. The predicted octanol–water partition coefficient (Wildman–Crippen LogP) is 2.17. The Morgan fingerprint density at radius 2 is 2.36 bits per heavy atom. The van der Waals surface area contributed by atoms with Crippen molar-refractivity contribution in [1.82, 2.24) is 0 Å². The maximum absolute atomic E-state index is 11.2. The third-order valence-corrected chi connectivity index (χ3v) is 1.66. The van der Waals surface area contributed by atoms with Crippen LogP contribution in [0.3, 0.4) is 0 Å². The van der Waals surface area contributed by atoms with Gasteiger partial charge in [-0.05, 0) is 30.7 Å². The molecule has 3 heteroatoms. The second-order valence-corrected chi connectivity index (χ2v) is 2.93. The number of anilines is 2. The molecule has 0 heterocycles. The smallest absolute Gasteiger partial charge is 0.248 e. The molecule has 0 aliphatic heterocycles. The number of amides is 1. The highest BCUT2D eigenvalue weighted by molar-refractivity contribution is 5.99. The van der Waals surface area contributed by atoms with Crippen LogP contribution < -0.4 is 11.1 Å². The fraction of sp³-hybridized carbons (Fsp3) is 0.182. The van der Waals surface area contributed by atoms with Crippen molar-refractivity contribution in [2.45, 2.75) is 13.3 Å². The molecule has 1 aromatic rings. The topological polar surface area (TPSA) is 55.1 Å².